The summed E-state index contributed by atoms with van der Waals surface area (Å²) in [7, 11) is -5.80. The SMILES string of the molecule is N#Cc1ccc(NC(=O)c2cccnc2S(=O)(=O)C(F)(F)F)cc1Cl. The number of hydrogen-bond acceptors (Lipinski definition) is 5. The lowest BCUT2D eigenvalue weighted by molar-refractivity contribution is -0.0438. The van der Waals surface area contributed by atoms with E-state index in [2.05, 4.69) is 10.3 Å². The molecule has 0 spiro atoms. The number of nitrogens with zero attached hydrogens (tertiary/aromatic N) is 2. The van der Waals surface area contributed by atoms with Crippen LogP contribution in [-0.4, -0.2) is 24.8 Å². The second kappa shape index (κ2) is 6.70. The largest absolute Gasteiger partial charge is 0.503 e. The molecule has 1 N–H and O–H groups in total. The Labute approximate surface area is 144 Å². The van der Waals surface area contributed by atoms with Crippen molar-refractivity contribution in [3.63, 3.8) is 0 Å². The fourth-order valence-electron chi connectivity index (χ4n) is 1.77. The monoisotopic (exact) mass is 389 g/mol. The average Bonchev–Trinajstić information content (AvgIpc) is 2.54. The molecule has 1 aromatic carbocycles. The Balaban J connectivity index is 2.42. The first-order chi connectivity index (χ1) is 11.6. The molecule has 1 aromatic heterocycles. The number of nitriles is 1. The highest BCUT2D eigenvalue weighted by molar-refractivity contribution is 7.92. The molecule has 0 aliphatic rings. The molecule has 1 amide bonds. The first-order valence-electron chi connectivity index (χ1n) is 6.35. The minimum atomic E-state index is -5.80. The summed E-state index contributed by atoms with van der Waals surface area (Å²) in [6.07, 6.45) is 0.827. The molecule has 0 bridgehead atoms. The smallest absolute Gasteiger partial charge is 0.322 e. The van der Waals surface area contributed by atoms with Crippen LogP contribution in [0, 0.1) is 11.3 Å². The molecular weight excluding hydrogens is 383 g/mol. The fraction of sp³-hybridized carbons (Fsp3) is 0.0714. The van der Waals surface area contributed by atoms with E-state index in [0.717, 1.165) is 18.3 Å². The van der Waals surface area contributed by atoms with Crippen LogP contribution in [0.1, 0.15) is 15.9 Å². The summed E-state index contributed by atoms with van der Waals surface area (Å²) in [6, 6.07) is 7.59. The molecule has 1 heterocycles. The average molecular weight is 390 g/mol. The molecular formula is C14H7ClF3N3O3S. The second-order valence-corrected chi connectivity index (χ2v) is 6.83. The van der Waals surface area contributed by atoms with E-state index >= 15 is 0 Å². The van der Waals surface area contributed by atoms with Crippen LogP contribution in [-0.2, 0) is 9.84 Å². The van der Waals surface area contributed by atoms with Crippen LogP contribution >= 0.6 is 11.6 Å². The second-order valence-electron chi connectivity index (χ2n) is 4.57. The number of nitrogens with one attached hydrogen (secondary N) is 1. The molecule has 0 saturated heterocycles. The molecule has 2 aromatic rings. The zero-order valence-electron chi connectivity index (χ0n) is 12.0. The highest BCUT2D eigenvalue weighted by Gasteiger charge is 2.49. The minimum absolute atomic E-state index is 0.00891. The molecule has 0 unspecified atom stereocenters. The van der Waals surface area contributed by atoms with E-state index in [4.69, 9.17) is 16.9 Å². The third-order valence-corrected chi connectivity index (χ3v) is 4.68. The van der Waals surface area contributed by atoms with Gasteiger partial charge in [0.25, 0.3) is 15.7 Å². The molecule has 130 valence electrons. The zero-order valence-corrected chi connectivity index (χ0v) is 13.6. The van der Waals surface area contributed by atoms with Crippen molar-refractivity contribution in [3.05, 3.63) is 52.7 Å². The molecule has 0 atom stereocenters. The Morgan fingerprint density at radius 3 is 2.52 bits per heavy atom. The first-order valence-corrected chi connectivity index (χ1v) is 8.21. The molecule has 25 heavy (non-hydrogen) atoms. The lowest BCUT2D eigenvalue weighted by Gasteiger charge is -2.12. The Morgan fingerprint density at radius 1 is 1.28 bits per heavy atom. The first kappa shape index (κ1) is 18.7. The normalized spacial score (nSPS) is 11.6. The number of amides is 1. The third-order valence-electron chi connectivity index (χ3n) is 2.92. The highest BCUT2D eigenvalue weighted by Crippen LogP contribution is 2.31. The number of rotatable bonds is 3. The van der Waals surface area contributed by atoms with E-state index in [1.165, 1.54) is 18.2 Å². The van der Waals surface area contributed by atoms with E-state index in [1.807, 2.05) is 0 Å². The Hall–Kier alpha value is -2.64. The fourth-order valence-corrected chi connectivity index (χ4v) is 2.86. The summed E-state index contributed by atoms with van der Waals surface area (Å²) in [5.41, 5.74) is -6.19. The van der Waals surface area contributed by atoms with Crippen LogP contribution in [0.5, 0.6) is 0 Å². The standard InChI is InChI=1S/C14H7ClF3N3O3S/c15-11-6-9(4-3-8(11)7-19)21-12(22)10-2-1-5-20-13(10)25(23,24)14(16,17)18/h1-6H,(H,21,22). The van der Waals surface area contributed by atoms with E-state index in [0.29, 0.717) is 0 Å². The molecule has 2 rings (SSSR count). The number of alkyl halides is 3. The van der Waals surface area contributed by atoms with Crippen molar-refractivity contribution >= 4 is 33.0 Å². The number of anilines is 1. The van der Waals surface area contributed by atoms with E-state index in [9.17, 15) is 26.4 Å². The molecule has 0 saturated carbocycles. The zero-order chi connectivity index (χ0) is 18.8. The van der Waals surface area contributed by atoms with Crippen LogP contribution in [0.15, 0.2) is 41.6 Å². The van der Waals surface area contributed by atoms with Gasteiger partial charge < -0.3 is 5.32 Å². The number of hydrogen-bond donors (Lipinski definition) is 1. The Kier molecular flexibility index (Phi) is 5.01. The summed E-state index contributed by atoms with van der Waals surface area (Å²) in [6.45, 7) is 0. The lowest BCUT2D eigenvalue weighted by atomic mass is 10.2. The van der Waals surface area contributed by atoms with Gasteiger partial charge in [-0.05, 0) is 30.3 Å². The van der Waals surface area contributed by atoms with Gasteiger partial charge in [0, 0.05) is 11.9 Å². The van der Waals surface area contributed by atoms with Gasteiger partial charge in [-0.1, -0.05) is 11.6 Å². The molecule has 6 nitrogen and oxygen atoms in total. The number of pyridine rings is 1. The minimum Gasteiger partial charge on any atom is -0.322 e. The number of carbonyl (C=O) groups excluding carboxylic acids is 1. The van der Waals surface area contributed by atoms with Crippen LogP contribution < -0.4 is 5.32 Å². The molecule has 0 radical (unpaired) electrons. The summed E-state index contributed by atoms with van der Waals surface area (Å²) in [5.74, 6) is -1.13. The molecule has 0 fully saturated rings. The lowest BCUT2D eigenvalue weighted by Crippen LogP contribution is -2.27. The van der Waals surface area contributed by atoms with Gasteiger partial charge in [-0.15, -0.1) is 0 Å². The van der Waals surface area contributed by atoms with Crippen LogP contribution in [0.3, 0.4) is 0 Å². The number of halogens is 4. The summed E-state index contributed by atoms with van der Waals surface area (Å²) in [5, 5.41) is 9.58. The van der Waals surface area contributed by atoms with Crippen molar-refractivity contribution in [2.75, 3.05) is 5.32 Å². The Bertz CT molecular complexity index is 985. The maximum absolute atomic E-state index is 12.7. The van der Waals surface area contributed by atoms with Gasteiger partial charge >= 0.3 is 5.51 Å². The van der Waals surface area contributed by atoms with Crippen molar-refractivity contribution in [2.45, 2.75) is 10.5 Å². The van der Waals surface area contributed by atoms with Gasteiger partial charge in [0.05, 0.1) is 16.1 Å². The molecule has 0 aliphatic carbocycles. The summed E-state index contributed by atoms with van der Waals surface area (Å²) < 4.78 is 61.2. The summed E-state index contributed by atoms with van der Waals surface area (Å²) >= 11 is 5.79. The van der Waals surface area contributed by atoms with Crippen molar-refractivity contribution < 1.29 is 26.4 Å². The summed E-state index contributed by atoms with van der Waals surface area (Å²) in [4.78, 5) is 15.4. The predicted octanol–water partition coefficient (Wildman–Crippen LogP) is 3.15. The Morgan fingerprint density at radius 2 is 1.96 bits per heavy atom. The van der Waals surface area contributed by atoms with Gasteiger partial charge in [-0.25, -0.2) is 13.4 Å². The van der Waals surface area contributed by atoms with Gasteiger partial charge in [0.2, 0.25) is 0 Å². The number of benzene rings is 1. The maximum atomic E-state index is 12.7. The highest BCUT2D eigenvalue weighted by atomic mass is 35.5. The van der Waals surface area contributed by atoms with Crippen molar-refractivity contribution in [1.29, 1.82) is 5.26 Å². The van der Waals surface area contributed by atoms with Crippen LogP contribution in [0.4, 0.5) is 18.9 Å². The number of sulfone groups is 1. The van der Waals surface area contributed by atoms with E-state index in [1.54, 1.807) is 6.07 Å². The van der Waals surface area contributed by atoms with Gasteiger partial charge in [-0.2, -0.15) is 18.4 Å². The van der Waals surface area contributed by atoms with Crippen molar-refractivity contribution in [3.8, 4) is 6.07 Å². The molecule has 0 aliphatic heterocycles. The van der Waals surface area contributed by atoms with Crippen molar-refractivity contribution in [2.24, 2.45) is 0 Å². The van der Waals surface area contributed by atoms with Gasteiger partial charge in [0.1, 0.15) is 6.07 Å². The topological polar surface area (TPSA) is 99.9 Å². The third kappa shape index (κ3) is 3.72. The maximum Gasteiger partial charge on any atom is 0.503 e. The number of carbonyl (C=O) groups is 1. The van der Waals surface area contributed by atoms with Crippen LogP contribution in [0.25, 0.3) is 0 Å². The van der Waals surface area contributed by atoms with Gasteiger partial charge in [-0.3, -0.25) is 4.79 Å². The quantitative estimate of drug-likeness (QED) is 0.869. The number of aromatic nitrogens is 1. The van der Waals surface area contributed by atoms with Crippen molar-refractivity contribution in [1.82, 2.24) is 4.98 Å². The van der Waals surface area contributed by atoms with Crippen LogP contribution in [0.2, 0.25) is 5.02 Å². The van der Waals surface area contributed by atoms with E-state index in [-0.39, 0.29) is 16.3 Å². The predicted molar refractivity (Wildman–Crippen MR) is 81.6 cm³/mol. The van der Waals surface area contributed by atoms with Gasteiger partial charge in [0.15, 0.2) is 5.03 Å². The van der Waals surface area contributed by atoms with E-state index < -0.39 is 31.8 Å². The molecule has 11 heteroatoms.